The number of amides is 2. The van der Waals surface area contributed by atoms with E-state index in [1.165, 1.54) is 25.1 Å². The standard InChI is InChI=1S/C20H20N4O5/c1-28-16-8-7-13(9-17(16)29-2)23-18(25)10-21-19(26)11-24-12-22-15-6-4-3-5-14(15)20(24)27/h3-9,12H,10-11H2,1-2H3,(H,21,26)(H,23,25). The van der Waals surface area contributed by atoms with E-state index < -0.39 is 11.8 Å². The van der Waals surface area contributed by atoms with Crippen LogP contribution < -0.4 is 25.7 Å². The summed E-state index contributed by atoms with van der Waals surface area (Å²) in [4.78, 5) is 40.8. The van der Waals surface area contributed by atoms with Crippen molar-refractivity contribution in [3.63, 3.8) is 0 Å². The number of aromatic nitrogens is 2. The van der Waals surface area contributed by atoms with Crippen LogP contribution in [-0.4, -0.2) is 42.1 Å². The first-order valence-corrected chi connectivity index (χ1v) is 8.74. The first-order chi connectivity index (χ1) is 14.0. The molecule has 9 nitrogen and oxygen atoms in total. The summed E-state index contributed by atoms with van der Waals surface area (Å²) in [5.74, 6) is 0.104. The molecule has 0 radical (unpaired) electrons. The maximum Gasteiger partial charge on any atom is 0.261 e. The van der Waals surface area contributed by atoms with Crippen molar-refractivity contribution >= 4 is 28.4 Å². The molecule has 0 saturated carbocycles. The molecular weight excluding hydrogens is 376 g/mol. The zero-order chi connectivity index (χ0) is 20.8. The number of hydrogen-bond acceptors (Lipinski definition) is 6. The van der Waals surface area contributed by atoms with Gasteiger partial charge in [0.1, 0.15) is 6.54 Å². The highest BCUT2D eigenvalue weighted by atomic mass is 16.5. The zero-order valence-electron chi connectivity index (χ0n) is 16.0. The van der Waals surface area contributed by atoms with Crippen molar-refractivity contribution in [3.05, 3.63) is 59.1 Å². The Kier molecular flexibility index (Phi) is 6.08. The van der Waals surface area contributed by atoms with Crippen LogP contribution in [-0.2, 0) is 16.1 Å². The largest absolute Gasteiger partial charge is 0.493 e. The number of nitrogens with zero attached hydrogens (tertiary/aromatic N) is 2. The van der Waals surface area contributed by atoms with E-state index in [-0.39, 0.29) is 18.6 Å². The summed E-state index contributed by atoms with van der Waals surface area (Å²) >= 11 is 0. The van der Waals surface area contributed by atoms with E-state index in [4.69, 9.17) is 9.47 Å². The van der Waals surface area contributed by atoms with E-state index in [0.717, 1.165) is 0 Å². The highest BCUT2D eigenvalue weighted by Gasteiger charge is 2.11. The number of fused-ring (bicyclic) bond motifs is 1. The van der Waals surface area contributed by atoms with E-state index in [2.05, 4.69) is 15.6 Å². The normalized spacial score (nSPS) is 10.4. The van der Waals surface area contributed by atoms with Gasteiger partial charge in [-0.1, -0.05) is 12.1 Å². The minimum Gasteiger partial charge on any atom is -0.493 e. The van der Waals surface area contributed by atoms with Crippen molar-refractivity contribution in [2.75, 3.05) is 26.1 Å². The van der Waals surface area contributed by atoms with Gasteiger partial charge in [0.05, 0.1) is 38.0 Å². The molecule has 0 aliphatic carbocycles. The number of benzene rings is 2. The maximum absolute atomic E-state index is 12.4. The number of hydrogen-bond donors (Lipinski definition) is 2. The maximum atomic E-state index is 12.4. The summed E-state index contributed by atoms with van der Waals surface area (Å²) in [6, 6.07) is 11.8. The second-order valence-corrected chi connectivity index (χ2v) is 6.09. The minimum absolute atomic E-state index is 0.236. The fourth-order valence-corrected chi connectivity index (χ4v) is 2.73. The Morgan fingerprint density at radius 3 is 2.55 bits per heavy atom. The third-order valence-corrected chi connectivity index (χ3v) is 4.16. The number of methoxy groups -OCH3 is 2. The topological polar surface area (TPSA) is 112 Å². The Bertz CT molecular complexity index is 1110. The Balaban J connectivity index is 1.57. The predicted molar refractivity (Wildman–Crippen MR) is 107 cm³/mol. The molecule has 0 bridgehead atoms. The molecular formula is C20H20N4O5. The number of carbonyl (C=O) groups excluding carboxylic acids is 2. The van der Waals surface area contributed by atoms with E-state index in [9.17, 15) is 14.4 Å². The van der Waals surface area contributed by atoms with E-state index in [1.807, 2.05) is 0 Å². The van der Waals surface area contributed by atoms with Crippen molar-refractivity contribution in [3.8, 4) is 11.5 Å². The Hall–Kier alpha value is -3.88. The summed E-state index contributed by atoms with van der Waals surface area (Å²) < 4.78 is 11.5. The average molecular weight is 396 g/mol. The van der Waals surface area contributed by atoms with Gasteiger partial charge in [-0.3, -0.25) is 19.0 Å². The molecule has 0 spiro atoms. The Labute approximate surface area is 166 Å². The van der Waals surface area contributed by atoms with Crippen LogP contribution in [0.4, 0.5) is 5.69 Å². The molecule has 0 atom stereocenters. The van der Waals surface area contributed by atoms with Crippen molar-refractivity contribution in [1.82, 2.24) is 14.9 Å². The smallest absolute Gasteiger partial charge is 0.261 e. The van der Waals surface area contributed by atoms with Gasteiger partial charge in [-0.25, -0.2) is 4.98 Å². The number of rotatable bonds is 7. The summed E-state index contributed by atoms with van der Waals surface area (Å²) in [7, 11) is 3.01. The van der Waals surface area contributed by atoms with Crippen molar-refractivity contribution in [2.45, 2.75) is 6.54 Å². The number of ether oxygens (including phenoxy) is 2. The minimum atomic E-state index is -0.480. The molecule has 1 heterocycles. The summed E-state index contributed by atoms with van der Waals surface area (Å²) in [5.41, 5.74) is 0.737. The monoisotopic (exact) mass is 396 g/mol. The number of anilines is 1. The van der Waals surface area contributed by atoms with Gasteiger partial charge in [-0.05, 0) is 24.3 Å². The molecule has 0 fully saturated rings. The SMILES string of the molecule is COc1ccc(NC(=O)CNC(=O)Cn2cnc3ccccc3c2=O)cc1OC. The van der Waals surface area contributed by atoms with Crippen molar-refractivity contribution in [1.29, 1.82) is 0 Å². The van der Waals surface area contributed by atoms with Crippen LogP contribution in [0, 0.1) is 0 Å². The van der Waals surface area contributed by atoms with Crippen LogP contribution in [0.1, 0.15) is 0 Å². The van der Waals surface area contributed by atoms with E-state index in [1.54, 1.807) is 42.5 Å². The fraction of sp³-hybridized carbons (Fsp3) is 0.200. The quantitative estimate of drug-likeness (QED) is 0.620. The molecule has 150 valence electrons. The zero-order valence-corrected chi connectivity index (χ0v) is 16.0. The third-order valence-electron chi connectivity index (χ3n) is 4.16. The van der Waals surface area contributed by atoms with Crippen LogP contribution in [0.25, 0.3) is 10.9 Å². The predicted octanol–water partition coefficient (Wildman–Crippen LogP) is 1.17. The first-order valence-electron chi connectivity index (χ1n) is 8.74. The van der Waals surface area contributed by atoms with Gasteiger partial charge in [0.15, 0.2) is 11.5 Å². The summed E-state index contributed by atoms with van der Waals surface area (Å²) in [6.07, 6.45) is 1.31. The van der Waals surface area contributed by atoms with Gasteiger partial charge in [0.2, 0.25) is 11.8 Å². The molecule has 9 heteroatoms. The molecule has 2 aromatic carbocycles. The van der Waals surface area contributed by atoms with Gasteiger partial charge < -0.3 is 20.1 Å². The fourth-order valence-electron chi connectivity index (χ4n) is 2.73. The van der Waals surface area contributed by atoms with Crippen molar-refractivity contribution in [2.24, 2.45) is 0 Å². The van der Waals surface area contributed by atoms with Crippen LogP contribution in [0.5, 0.6) is 11.5 Å². The second-order valence-electron chi connectivity index (χ2n) is 6.09. The lowest BCUT2D eigenvalue weighted by Crippen LogP contribution is -2.37. The van der Waals surface area contributed by atoms with Gasteiger partial charge in [-0.2, -0.15) is 0 Å². The Morgan fingerprint density at radius 2 is 1.79 bits per heavy atom. The molecule has 0 aliphatic rings. The number of nitrogens with one attached hydrogen (secondary N) is 2. The van der Waals surface area contributed by atoms with Crippen LogP contribution in [0.15, 0.2) is 53.6 Å². The molecule has 3 rings (SSSR count). The molecule has 3 aromatic rings. The Morgan fingerprint density at radius 1 is 1.03 bits per heavy atom. The molecule has 2 N–H and O–H groups in total. The lowest BCUT2D eigenvalue weighted by Gasteiger charge is -2.11. The number of para-hydroxylation sites is 1. The molecule has 0 unspecified atom stereocenters. The third kappa shape index (κ3) is 4.70. The lowest BCUT2D eigenvalue weighted by molar-refractivity contribution is -0.124. The lowest BCUT2D eigenvalue weighted by atomic mass is 10.2. The second kappa shape index (κ2) is 8.87. The summed E-state index contributed by atoms with van der Waals surface area (Å²) in [6.45, 7) is -0.483. The van der Waals surface area contributed by atoms with Crippen molar-refractivity contribution < 1.29 is 19.1 Å². The average Bonchev–Trinajstić information content (AvgIpc) is 2.74. The molecule has 29 heavy (non-hydrogen) atoms. The van der Waals surface area contributed by atoms with Crippen LogP contribution in [0.2, 0.25) is 0 Å². The molecule has 0 saturated heterocycles. The highest BCUT2D eigenvalue weighted by Crippen LogP contribution is 2.29. The van der Waals surface area contributed by atoms with Gasteiger partial charge in [0, 0.05) is 11.8 Å². The van der Waals surface area contributed by atoms with Gasteiger partial charge in [0.25, 0.3) is 5.56 Å². The molecule has 1 aromatic heterocycles. The van der Waals surface area contributed by atoms with Crippen LogP contribution in [0.3, 0.4) is 0 Å². The molecule has 2 amide bonds. The van der Waals surface area contributed by atoms with Gasteiger partial charge >= 0.3 is 0 Å². The van der Waals surface area contributed by atoms with Crippen LogP contribution >= 0.6 is 0 Å². The summed E-state index contributed by atoms with van der Waals surface area (Å²) in [5, 5.41) is 5.56. The van der Waals surface area contributed by atoms with E-state index >= 15 is 0 Å². The number of carbonyl (C=O) groups is 2. The van der Waals surface area contributed by atoms with Gasteiger partial charge in [-0.15, -0.1) is 0 Å². The van der Waals surface area contributed by atoms with E-state index in [0.29, 0.717) is 28.1 Å². The first kappa shape index (κ1) is 19.9. The molecule has 0 aliphatic heterocycles. The highest BCUT2D eigenvalue weighted by molar-refractivity contribution is 5.94.